The topological polar surface area (TPSA) is 32.3 Å². The minimum absolute atomic E-state index is 0.405. The number of hydrogen-bond donors (Lipinski definition) is 1. The first-order chi connectivity index (χ1) is 10.2. The van der Waals surface area contributed by atoms with Gasteiger partial charge >= 0.3 is 0 Å². The van der Waals surface area contributed by atoms with E-state index in [0.29, 0.717) is 11.9 Å². The molecule has 21 heavy (non-hydrogen) atoms. The average Bonchev–Trinajstić information content (AvgIpc) is 2.86. The molecule has 1 N–H and O–H groups in total. The van der Waals surface area contributed by atoms with Gasteiger partial charge in [-0.3, -0.25) is 4.79 Å². The van der Waals surface area contributed by atoms with Gasteiger partial charge in [-0.05, 0) is 56.9 Å². The lowest BCUT2D eigenvalue weighted by molar-refractivity contribution is -0.130. The van der Waals surface area contributed by atoms with Crippen LogP contribution in [-0.2, 0) is 4.79 Å². The summed E-state index contributed by atoms with van der Waals surface area (Å²) in [6, 6.07) is 0.704. The van der Waals surface area contributed by atoms with E-state index in [9.17, 15) is 4.79 Å². The average molecular weight is 294 g/mol. The van der Waals surface area contributed by atoms with E-state index in [4.69, 9.17) is 0 Å². The highest BCUT2D eigenvalue weighted by Gasteiger charge is 2.28. The molecule has 3 nitrogen and oxygen atoms in total. The maximum absolute atomic E-state index is 12.2. The van der Waals surface area contributed by atoms with Crippen molar-refractivity contribution in [3.05, 3.63) is 0 Å². The Morgan fingerprint density at radius 3 is 2.81 bits per heavy atom. The first-order valence-corrected chi connectivity index (χ1v) is 9.25. The Bertz CT molecular complexity index is 318. The zero-order valence-electron chi connectivity index (χ0n) is 14.1. The van der Waals surface area contributed by atoms with E-state index in [1.165, 1.54) is 44.9 Å². The second-order valence-corrected chi connectivity index (χ2v) is 7.02. The zero-order chi connectivity index (χ0) is 15.1. The number of rotatable bonds is 7. The van der Waals surface area contributed by atoms with Crippen LogP contribution >= 0.6 is 0 Å². The standard InChI is InChI=1S/C18H34N2O/c1-3-12-19-17-7-5-6-16(17)11-14-20-13-10-15(4-2)8-9-18(20)21/h15-17,19H,3-14H2,1-2H3. The molecule has 0 aromatic carbocycles. The maximum Gasteiger partial charge on any atom is 0.222 e. The van der Waals surface area contributed by atoms with Gasteiger partial charge in [0.15, 0.2) is 0 Å². The van der Waals surface area contributed by atoms with E-state index in [2.05, 4.69) is 24.1 Å². The van der Waals surface area contributed by atoms with Gasteiger partial charge in [-0.15, -0.1) is 0 Å². The highest BCUT2D eigenvalue weighted by atomic mass is 16.2. The number of amides is 1. The number of nitrogens with zero attached hydrogens (tertiary/aromatic N) is 1. The van der Waals surface area contributed by atoms with Gasteiger partial charge in [-0.25, -0.2) is 0 Å². The summed E-state index contributed by atoms with van der Waals surface area (Å²) < 4.78 is 0. The van der Waals surface area contributed by atoms with Crippen molar-refractivity contribution >= 4 is 5.91 Å². The van der Waals surface area contributed by atoms with Crippen molar-refractivity contribution in [2.45, 2.75) is 77.7 Å². The first-order valence-electron chi connectivity index (χ1n) is 9.25. The van der Waals surface area contributed by atoms with Crippen molar-refractivity contribution in [3.8, 4) is 0 Å². The lowest BCUT2D eigenvalue weighted by atomic mass is 9.98. The van der Waals surface area contributed by atoms with Gasteiger partial charge in [0.05, 0.1) is 0 Å². The van der Waals surface area contributed by atoms with Crippen LogP contribution < -0.4 is 5.32 Å². The monoisotopic (exact) mass is 294 g/mol. The molecule has 0 aromatic heterocycles. The van der Waals surface area contributed by atoms with Crippen LogP contribution in [0.3, 0.4) is 0 Å². The molecule has 0 bridgehead atoms. The van der Waals surface area contributed by atoms with E-state index in [-0.39, 0.29) is 0 Å². The zero-order valence-corrected chi connectivity index (χ0v) is 14.1. The minimum atomic E-state index is 0.405. The fourth-order valence-electron chi connectivity index (χ4n) is 4.04. The van der Waals surface area contributed by atoms with Gasteiger partial charge in [-0.2, -0.15) is 0 Å². The maximum atomic E-state index is 12.2. The molecular formula is C18H34N2O. The van der Waals surface area contributed by atoms with Crippen LogP contribution in [-0.4, -0.2) is 36.5 Å². The molecular weight excluding hydrogens is 260 g/mol. The third kappa shape index (κ3) is 4.98. The second-order valence-electron chi connectivity index (χ2n) is 7.02. The van der Waals surface area contributed by atoms with Crippen LogP contribution in [0.25, 0.3) is 0 Å². The summed E-state index contributed by atoms with van der Waals surface area (Å²) in [5.41, 5.74) is 0. The molecule has 1 aliphatic heterocycles. The molecule has 2 rings (SSSR count). The minimum Gasteiger partial charge on any atom is -0.343 e. The number of nitrogens with one attached hydrogen (secondary N) is 1. The molecule has 122 valence electrons. The van der Waals surface area contributed by atoms with Gasteiger partial charge in [0.25, 0.3) is 0 Å². The van der Waals surface area contributed by atoms with Crippen LogP contribution in [0.1, 0.15) is 71.6 Å². The Hall–Kier alpha value is -0.570. The second kappa shape index (κ2) is 8.77. The molecule has 0 radical (unpaired) electrons. The predicted molar refractivity (Wildman–Crippen MR) is 88.3 cm³/mol. The SMILES string of the molecule is CCCNC1CCCC1CCN1CCC(CC)CCC1=O. The van der Waals surface area contributed by atoms with Gasteiger partial charge in [0, 0.05) is 25.6 Å². The summed E-state index contributed by atoms with van der Waals surface area (Å²) >= 11 is 0. The van der Waals surface area contributed by atoms with Crippen LogP contribution in [0.5, 0.6) is 0 Å². The van der Waals surface area contributed by atoms with Gasteiger partial charge in [-0.1, -0.05) is 26.7 Å². The van der Waals surface area contributed by atoms with Gasteiger partial charge < -0.3 is 10.2 Å². The van der Waals surface area contributed by atoms with Crippen LogP contribution in [0.4, 0.5) is 0 Å². The van der Waals surface area contributed by atoms with E-state index in [0.717, 1.165) is 44.3 Å². The van der Waals surface area contributed by atoms with Crippen LogP contribution in [0.2, 0.25) is 0 Å². The molecule has 1 saturated heterocycles. The quantitative estimate of drug-likeness (QED) is 0.778. The molecule has 3 atom stereocenters. The molecule has 3 unspecified atom stereocenters. The summed E-state index contributed by atoms with van der Waals surface area (Å²) in [5.74, 6) is 1.96. The van der Waals surface area contributed by atoms with Crippen molar-refractivity contribution in [3.63, 3.8) is 0 Å². The molecule has 0 aromatic rings. The summed E-state index contributed by atoms with van der Waals surface area (Å²) in [4.78, 5) is 14.4. The fraction of sp³-hybridized carbons (Fsp3) is 0.944. The van der Waals surface area contributed by atoms with Crippen molar-refractivity contribution in [2.75, 3.05) is 19.6 Å². The Balaban J connectivity index is 1.77. The summed E-state index contributed by atoms with van der Waals surface area (Å²) in [6.07, 6.45) is 10.8. The molecule has 1 saturated carbocycles. The van der Waals surface area contributed by atoms with Crippen molar-refractivity contribution in [2.24, 2.45) is 11.8 Å². The highest BCUT2D eigenvalue weighted by Crippen LogP contribution is 2.29. The molecule has 1 amide bonds. The van der Waals surface area contributed by atoms with E-state index >= 15 is 0 Å². The Labute approximate surface area is 130 Å². The summed E-state index contributed by atoms with van der Waals surface area (Å²) in [6.45, 7) is 7.62. The van der Waals surface area contributed by atoms with E-state index < -0.39 is 0 Å². The summed E-state index contributed by atoms with van der Waals surface area (Å²) in [7, 11) is 0. The molecule has 1 aliphatic carbocycles. The lowest BCUT2D eigenvalue weighted by Gasteiger charge is -2.26. The van der Waals surface area contributed by atoms with E-state index in [1.807, 2.05) is 0 Å². The normalized spacial score (nSPS) is 30.7. The molecule has 0 spiro atoms. The number of likely N-dealkylation sites (tertiary alicyclic amines) is 1. The lowest BCUT2D eigenvalue weighted by Crippen LogP contribution is -2.37. The highest BCUT2D eigenvalue weighted by molar-refractivity contribution is 5.76. The number of hydrogen-bond acceptors (Lipinski definition) is 2. The molecule has 2 fully saturated rings. The van der Waals surface area contributed by atoms with Crippen LogP contribution in [0.15, 0.2) is 0 Å². The van der Waals surface area contributed by atoms with Crippen molar-refractivity contribution in [1.29, 1.82) is 0 Å². The Morgan fingerprint density at radius 1 is 1.19 bits per heavy atom. The van der Waals surface area contributed by atoms with Gasteiger partial charge in [0.2, 0.25) is 5.91 Å². The Kier molecular flexibility index (Phi) is 7.01. The Morgan fingerprint density at radius 2 is 2.05 bits per heavy atom. The third-order valence-electron chi connectivity index (χ3n) is 5.59. The predicted octanol–water partition coefficient (Wildman–Crippen LogP) is 3.58. The van der Waals surface area contributed by atoms with Crippen LogP contribution in [0, 0.1) is 11.8 Å². The first kappa shape index (κ1) is 16.8. The molecule has 2 aliphatic rings. The summed E-state index contributed by atoms with van der Waals surface area (Å²) in [5, 5.41) is 3.71. The van der Waals surface area contributed by atoms with Crippen molar-refractivity contribution < 1.29 is 4.79 Å². The van der Waals surface area contributed by atoms with Gasteiger partial charge in [0.1, 0.15) is 0 Å². The molecule has 3 heteroatoms. The number of carbonyl (C=O) groups excluding carboxylic acids is 1. The fourth-order valence-corrected chi connectivity index (χ4v) is 4.04. The number of carbonyl (C=O) groups is 1. The van der Waals surface area contributed by atoms with E-state index in [1.54, 1.807) is 0 Å². The van der Waals surface area contributed by atoms with Crippen molar-refractivity contribution in [1.82, 2.24) is 10.2 Å². The largest absolute Gasteiger partial charge is 0.343 e. The third-order valence-corrected chi connectivity index (χ3v) is 5.59. The molecule has 1 heterocycles. The smallest absolute Gasteiger partial charge is 0.222 e.